The quantitative estimate of drug-likeness (QED) is 0.173. The highest BCUT2D eigenvalue weighted by Crippen LogP contribution is 2.57. The molecule has 1 fully saturated rings. The van der Waals surface area contributed by atoms with Gasteiger partial charge in [0.15, 0.2) is 17.1 Å². The average Bonchev–Trinajstić information content (AvgIpc) is 3.61. The van der Waals surface area contributed by atoms with Gasteiger partial charge >= 0.3 is 0 Å². The number of hydrogen-bond acceptors (Lipinski definition) is 8. The van der Waals surface area contributed by atoms with E-state index in [0.717, 1.165) is 11.1 Å². The van der Waals surface area contributed by atoms with E-state index in [-0.39, 0.29) is 42.0 Å². The lowest BCUT2D eigenvalue weighted by Crippen LogP contribution is -2.40. The highest BCUT2D eigenvalue weighted by Gasteiger charge is 2.57. The Labute approximate surface area is 263 Å². The zero-order valence-electron chi connectivity index (χ0n) is 25.0. The molecular formula is C37H28N2O7. The number of aromatic hydroxyl groups is 1. The van der Waals surface area contributed by atoms with E-state index in [1.54, 1.807) is 43.3 Å². The number of Topliss-reactive ketones (excluding diaryl/α,β-unsaturated/α-hetero) is 1. The fourth-order valence-corrected chi connectivity index (χ4v) is 7.70. The summed E-state index contributed by atoms with van der Waals surface area (Å²) in [7, 11) is 1.48. The van der Waals surface area contributed by atoms with Gasteiger partial charge < -0.3 is 14.3 Å². The minimum atomic E-state index is -0.807. The van der Waals surface area contributed by atoms with E-state index >= 15 is 0 Å². The van der Waals surface area contributed by atoms with Gasteiger partial charge in [0.1, 0.15) is 17.0 Å². The summed E-state index contributed by atoms with van der Waals surface area (Å²) in [6.07, 6.45) is 3.68. The predicted octanol–water partition coefficient (Wildman–Crippen LogP) is 5.84. The number of anilines is 1. The Morgan fingerprint density at radius 1 is 0.935 bits per heavy atom. The second-order valence-electron chi connectivity index (χ2n) is 12.2. The van der Waals surface area contributed by atoms with Gasteiger partial charge in [-0.1, -0.05) is 29.8 Å². The summed E-state index contributed by atoms with van der Waals surface area (Å²) >= 11 is 0. The van der Waals surface area contributed by atoms with Crippen molar-refractivity contribution >= 4 is 40.2 Å². The first-order valence-electron chi connectivity index (χ1n) is 15.2. The lowest BCUT2D eigenvalue weighted by molar-refractivity contribution is -0.123. The summed E-state index contributed by atoms with van der Waals surface area (Å²) < 4.78 is 11.5. The number of para-hydroxylation sites is 2. The number of ether oxygens (including phenoxy) is 1. The number of aromatic nitrogens is 1. The number of methoxy groups -OCH3 is 1. The van der Waals surface area contributed by atoms with Crippen LogP contribution in [0.1, 0.15) is 31.2 Å². The molecule has 1 aliphatic heterocycles. The van der Waals surface area contributed by atoms with Crippen molar-refractivity contribution in [1.29, 1.82) is 0 Å². The lowest BCUT2D eigenvalue weighted by atomic mass is 9.59. The normalized spacial score (nSPS) is 24.1. The zero-order chi connectivity index (χ0) is 31.9. The Kier molecular flexibility index (Phi) is 6.22. The van der Waals surface area contributed by atoms with Crippen LogP contribution in [0.15, 0.2) is 106 Å². The summed E-state index contributed by atoms with van der Waals surface area (Å²) in [4.78, 5) is 61.0. The van der Waals surface area contributed by atoms with Crippen LogP contribution in [0.5, 0.6) is 11.5 Å². The predicted molar refractivity (Wildman–Crippen MR) is 168 cm³/mol. The smallest absolute Gasteiger partial charge is 0.238 e. The number of phenols is 1. The molecule has 9 nitrogen and oxygen atoms in total. The van der Waals surface area contributed by atoms with E-state index < -0.39 is 23.7 Å². The van der Waals surface area contributed by atoms with Crippen molar-refractivity contribution in [3.05, 3.63) is 107 Å². The fourth-order valence-electron chi connectivity index (χ4n) is 7.70. The molecule has 2 heterocycles. The van der Waals surface area contributed by atoms with Crippen molar-refractivity contribution in [1.82, 2.24) is 4.98 Å². The number of ketones is 2. The van der Waals surface area contributed by atoms with Crippen molar-refractivity contribution in [3.8, 4) is 23.0 Å². The van der Waals surface area contributed by atoms with E-state index in [1.165, 1.54) is 24.2 Å². The van der Waals surface area contributed by atoms with Crippen LogP contribution in [0.4, 0.5) is 5.69 Å². The summed E-state index contributed by atoms with van der Waals surface area (Å²) in [6.45, 7) is 1.60. The highest BCUT2D eigenvalue weighted by atomic mass is 16.5. The molecule has 2 amide bonds. The molecule has 0 bridgehead atoms. The number of amides is 2. The third kappa shape index (κ3) is 3.97. The highest BCUT2D eigenvalue weighted by molar-refractivity contribution is 6.25. The molecule has 1 N–H and O–H groups in total. The lowest BCUT2D eigenvalue weighted by Gasteiger charge is -2.42. The first kappa shape index (κ1) is 27.9. The molecule has 0 radical (unpaired) electrons. The summed E-state index contributed by atoms with van der Waals surface area (Å²) in [5.41, 5.74) is 4.57. The maximum Gasteiger partial charge on any atom is 0.238 e. The van der Waals surface area contributed by atoms with Crippen molar-refractivity contribution < 1.29 is 33.4 Å². The van der Waals surface area contributed by atoms with Crippen LogP contribution in [-0.4, -0.2) is 40.6 Å². The first-order valence-corrected chi connectivity index (χ1v) is 15.2. The number of phenolic OH excluding ortho intramolecular Hbond substituents is 1. The third-order valence-corrected chi connectivity index (χ3v) is 9.78. The monoisotopic (exact) mass is 612 g/mol. The molecule has 4 aromatic rings. The van der Waals surface area contributed by atoms with Crippen LogP contribution in [0, 0.1) is 17.8 Å². The van der Waals surface area contributed by atoms with Crippen LogP contribution in [0.3, 0.4) is 0 Å². The SMILES string of the molecule is COc1cccc(O)c1[C@H]1C2=CC[C@@H]3C(=O)N(c4ccc(-c5nc6ccccc6o5)cc4)C(=O)[C@@H]3[C@@H]2CC2=C1C(=O)C(C)=CC2=O. The van der Waals surface area contributed by atoms with E-state index in [4.69, 9.17) is 9.15 Å². The molecule has 228 valence electrons. The van der Waals surface area contributed by atoms with Crippen LogP contribution in [0.2, 0.25) is 0 Å². The van der Waals surface area contributed by atoms with Crippen LogP contribution < -0.4 is 9.64 Å². The minimum absolute atomic E-state index is 0.0817. The summed E-state index contributed by atoms with van der Waals surface area (Å²) in [5.74, 6) is -3.23. The second-order valence-corrected chi connectivity index (χ2v) is 12.2. The van der Waals surface area contributed by atoms with Gasteiger partial charge in [-0.05, 0) is 80.3 Å². The van der Waals surface area contributed by atoms with Gasteiger partial charge in [-0.15, -0.1) is 0 Å². The van der Waals surface area contributed by atoms with Crippen molar-refractivity contribution in [2.45, 2.75) is 25.7 Å². The maximum atomic E-state index is 14.3. The number of rotatable bonds is 4. The van der Waals surface area contributed by atoms with Crippen LogP contribution in [-0.2, 0) is 19.2 Å². The van der Waals surface area contributed by atoms with E-state index in [1.807, 2.05) is 30.3 Å². The Bertz CT molecular complexity index is 2080. The summed E-state index contributed by atoms with van der Waals surface area (Å²) in [6, 6.07) is 19.3. The number of benzene rings is 3. The topological polar surface area (TPSA) is 127 Å². The number of imide groups is 1. The summed E-state index contributed by atoms with van der Waals surface area (Å²) in [5, 5.41) is 11.1. The second kappa shape index (κ2) is 10.2. The van der Waals surface area contributed by atoms with Gasteiger partial charge in [0, 0.05) is 33.8 Å². The number of carbonyl (C=O) groups excluding carboxylic acids is 4. The molecule has 9 heteroatoms. The fraction of sp³-hybridized carbons (Fsp3) is 0.216. The minimum Gasteiger partial charge on any atom is -0.507 e. The van der Waals surface area contributed by atoms with Crippen molar-refractivity contribution in [2.24, 2.45) is 17.8 Å². The van der Waals surface area contributed by atoms with Gasteiger partial charge in [0.2, 0.25) is 17.7 Å². The third-order valence-electron chi connectivity index (χ3n) is 9.78. The maximum absolute atomic E-state index is 14.3. The molecular weight excluding hydrogens is 584 g/mol. The van der Waals surface area contributed by atoms with Crippen molar-refractivity contribution in [3.63, 3.8) is 0 Å². The molecule has 8 rings (SSSR count). The number of hydrogen-bond donors (Lipinski definition) is 1. The zero-order valence-corrected chi connectivity index (χ0v) is 25.0. The van der Waals surface area contributed by atoms with Gasteiger partial charge in [-0.25, -0.2) is 4.98 Å². The number of allylic oxidation sites excluding steroid dienone is 6. The average molecular weight is 613 g/mol. The van der Waals surface area contributed by atoms with Gasteiger partial charge in [0.05, 0.1) is 24.6 Å². The molecule has 0 saturated carbocycles. The molecule has 46 heavy (non-hydrogen) atoms. The van der Waals surface area contributed by atoms with E-state index in [2.05, 4.69) is 4.98 Å². The molecule has 0 unspecified atom stereocenters. The van der Waals surface area contributed by atoms with Gasteiger partial charge in [-0.3, -0.25) is 24.1 Å². The molecule has 3 aromatic carbocycles. The molecule has 1 saturated heterocycles. The van der Waals surface area contributed by atoms with Crippen LogP contribution in [0.25, 0.3) is 22.6 Å². The Morgan fingerprint density at radius 2 is 1.72 bits per heavy atom. The van der Waals surface area contributed by atoms with E-state index in [9.17, 15) is 24.3 Å². The standard InChI is InChI=1S/C37H28N2O7/c1-18-16-27(41)24-17-23-21(31(32(24)34(18)42)33-26(40)7-5-9-29(33)45-2)14-15-22-30(23)37(44)39(36(22)43)20-12-10-19(11-13-20)35-38-25-6-3-4-8-28(25)46-35/h3-14,16,22-23,30-31,40H,15,17H2,1-2H3/t22-,23+,30-,31-/m0/s1. The Morgan fingerprint density at radius 3 is 2.48 bits per heavy atom. The van der Waals surface area contributed by atoms with Gasteiger partial charge in [0.25, 0.3) is 0 Å². The molecule has 1 aromatic heterocycles. The van der Waals surface area contributed by atoms with Gasteiger partial charge in [-0.2, -0.15) is 0 Å². The number of oxazole rings is 1. The Hall–Kier alpha value is -5.57. The first-order chi connectivity index (χ1) is 22.3. The molecule has 4 atom stereocenters. The van der Waals surface area contributed by atoms with E-state index in [0.29, 0.717) is 50.8 Å². The van der Waals surface area contributed by atoms with Crippen LogP contribution >= 0.6 is 0 Å². The largest absolute Gasteiger partial charge is 0.507 e. The Balaban J connectivity index is 1.18. The number of nitrogens with zero attached hydrogens (tertiary/aromatic N) is 2. The molecule has 4 aliphatic rings. The molecule has 3 aliphatic carbocycles. The molecule has 0 spiro atoms. The number of carbonyl (C=O) groups is 4. The van der Waals surface area contributed by atoms with Crippen molar-refractivity contribution in [2.75, 3.05) is 12.0 Å². The number of fused-ring (bicyclic) bond motifs is 4.